The molecule has 2 rings (SSSR count). The highest BCUT2D eigenvalue weighted by Crippen LogP contribution is 2.23. The van der Waals surface area contributed by atoms with Crippen LogP contribution in [0.3, 0.4) is 0 Å². The molecule has 0 aromatic heterocycles. The van der Waals surface area contributed by atoms with Gasteiger partial charge in [0.25, 0.3) is 5.91 Å². The Hall–Kier alpha value is -1.55. The van der Waals surface area contributed by atoms with Crippen LogP contribution in [-0.4, -0.2) is 48.9 Å². The Kier molecular flexibility index (Phi) is 3.80. The average Bonchev–Trinajstić information content (AvgIpc) is 2.74. The zero-order chi connectivity index (χ0) is 14.2. The van der Waals surface area contributed by atoms with Crippen molar-refractivity contribution < 1.29 is 4.79 Å². The second kappa shape index (κ2) is 5.21. The first-order chi connectivity index (χ1) is 8.90. The van der Waals surface area contributed by atoms with E-state index >= 15 is 0 Å². The van der Waals surface area contributed by atoms with Crippen molar-refractivity contribution in [2.75, 3.05) is 32.9 Å². The average molecular weight is 261 g/mol. The Balaban J connectivity index is 2.15. The van der Waals surface area contributed by atoms with Gasteiger partial charge in [0.1, 0.15) is 0 Å². The van der Waals surface area contributed by atoms with Gasteiger partial charge in [-0.25, -0.2) is 0 Å². The predicted octanol–water partition coefficient (Wildman–Crippen LogP) is 1.60. The lowest BCUT2D eigenvalue weighted by molar-refractivity contribution is 0.0781. The third-order valence-corrected chi connectivity index (χ3v) is 4.05. The first-order valence-corrected chi connectivity index (χ1v) is 6.72. The molecule has 1 amide bonds. The van der Waals surface area contributed by atoms with Crippen molar-refractivity contribution in [1.29, 1.82) is 0 Å². The van der Waals surface area contributed by atoms with Gasteiger partial charge in [0.15, 0.2) is 0 Å². The molecule has 2 N–H and O–H groups in total. The summed E-state index contributed by atoms with van der Waals surface area (Å²) < 4.78 is 0. The maximum absolute atomic E-state index is 12.5. The molecule has 1 fully saturated rings. The fourth-order valence-electron chi connectivity index (χ4n) is 2.74. The molecular weight excluding hydrogens is 238 g/mol. The zero-order valence-electron chi connectivity index (χ0n) is 12.2. The van der Waals surface area contributed by atoms with Crippen LogP contribution in [0.5, 0.6) is 0 Å². The number of benzene rings is 1. The minimum Gasteiger partial charge on any atom is -0.398 e. The molecule has 2 atom stereocenters. The van der Waals surface area contributed by atoms with Gasteiger partial charge in [-0.3, -0.25) is 4.79 Å². The first kappa shape index (κ1) is 13.9. The topological polar surface area (TPSA) is 49.6 Å². The first-order valence-electron chi connectivity index (χ1n) is 6.72. The fourth-order valence-corrected chi connectivity index (χ4v) is 2.74. The maximum atomic E-state index is 12.5. The van der Waals surface area contributed by atoms with Gasteiger partial charge < -0.3 is 15.5 Å². The number of nitrogens with zero attached hydrogens (tertiary/aromatic N) is 2. The van der Waals surface area contributed by atoms with Crippen molar-refractivity contribution in [2.45, 2.75) is 19.9 Å². The standard InChI is InChI=1S/C15H23N3O/c1-10-5-6-12(7-13(10)16)15(19)18-8-11(2)14(9-18)17(3)4/h5-7,11,14H,8-9,16H2,1-4H3. The van der Waals surface area contributed by atoms with Crippen LogP contribution in [0.2, 0.25) is 0 Å². The summed E-state index contributed by atoms with van der Waals surface area (Å²) in [6.45, 7) is 5.75. The van der Waals surface area contributed by atoms with Crippen LogP contribution >= 0.6 is 0 Å². The summed E-state index contributed by atoms with van der Waals surface area (Å²) in [5.74, 6) is 0.588. The number of aryl methyl sites for hydroxylation is 1. The quantitative estimate of drug-likeness (QED) is 0.823. The molecular formula is C15H23N3O. The van der Waals surface area contributed by atoms with Gasteiger partial charge in [0.05, 0.1) is 0 Å². The normalized spacial score (nSPS) is 23.1. The molecule has 2 unspecified atom stereocenters. The van der Waals surface area contributed by atoms with Crippen LogP contribution in [-0.2, 0) is 0 Å². The lowest BCUT2D eigenvalue weighted by atomic mass is 10.1. The van der Waals surface area contributed by atoms with E-state index in [-0.39, 0.29) is 5.91 Å². The van der Waals surface area contributed by atoms with Crippen LogP contribution in [0.15, 0.2) is 18.2 Å². The number of nitrogen functional groups attached to an aromatic ring is 1. The lowest BCUT2D eigenvalue weighted by Crippen LogP contribution is -2.35. The molecule has 1 heterocycles. The molecule has 1 saturated heterocycles. The fraction of sp³-hybridized carbons (Fsp3) is 0.533. The van der Waals surface area contributed by atoms with E-state index in [0.29, 0.717) is 23.2 Å². The van der Waals surface area contributed by atoms with Crippen molar-refractivity contribution >= 4 is 11.6 Å². The summed E-state index contributed by atoms with van der Waals surface area (Å²) in [6, 6.07) is 5.99. The number of anilines is 1. The molecule has 1 aromatic rings. The Bertz CT molecular complexity index is 484. The maximum Gasteiger partial charge on any atom is 0.253 e. The monoisotopic (exact) mass is 261 g/mol. The van der Waals surface area contributed by atoms with Gasteiger partial charge in [-0.1, -0.05) is 13.0 Å². The van der Waals surface area contributed by atoms with E-state index in [4.69, 9.17) is 5.73 Å². The van der Waals surface area contributed by atoms with E-state index in [1.807, 2.05) is 24.0 Å². The Labute approximate surface area is 115 Å². The second-order valence-corrected chi connectivity index (χ2v) is 5.79. The minimum atomic E-state index is 0.0860. The number of carbonyl (C=O) groups is 1. The molecule has 1 aliphatic heterocycles. The van der Waals surface area contributed by atoms with E-state index in [1.165, 1.54) is 0 Å². The number of nitrogens with two attached hydrogens (primary N) is 1. The van der Waals surface area contributed by atoms with Crippen molar-refractivity contribution in [3.63, 3.8) is 0 Å². The van der Waals surface area contributed by atoms with Crippen molar-refractivity contribution in [3.05, 3.63) is 29.3 Å². The molecule has 1 aliphatic rings. The highest BCUT2D eigenvalue weighted by atomic mass is 16.2. The number of carbonyl (C=O) groups excluding carboxylic acids is 1. The van der Waals surface area contributed by atoms with Gasteiger partial charge in [0.2, 0.25) is 0 Å². The van der Waals surface area contributed by atoms with E-state index in [2.05, 4.69) is 25.9 Å². The Morgan fingerprint density at radius 3 is 2.58 bits per heavy atom. The van der Waals surface area contributed by atoms with Crippen molar-refractivity contribution in [3.8, 4) is 0 Å². The highest BCUT2D eigenvalue weighted by molar-refractivity contribution is 5.95. The predicted molar refractivity (Wildman–Crippen MR) is 78.1 cm³/mol. The Morgan fingerprint density at radius 2 is 2.05 bits per heavy atom. The summed E-state index contributed by atoms with van der Waals surface area (Å²) in [4.78, 5) is 16.6. The summed E-state index contributed by atoms with van der Waals surface area (Å²) in [7, 11) is 4.14. The largest absolute Gasteiger partial charge is 0.398 e. The van der Waals surface area contributed by atoms with Crippen molar-refractivity contribution in [1.82, 2.24) is 9.80 Å². The van der Waals surface area contributed by atoms with Gasteiger partial charge in [-0.2, -0.15) is 0 Å². The summed E-state index contributed by atoms with van der Waals surface area (Å²) >= 11 is 0. The van der Waals surface area contributed by atoms with Gasteiger partial charge in [-0.15, -0.1) is 0 Å². The molecule has 0 bridgehead atoms. The van der Waals surface area contributed by atoms with E-state index in [0.717, 1.165) is 18.7 Å². The van der Waals surface area contributed by atoms with Gasteiger partial charge in [-0.05, 0) is 44.6 Å². The van der Waals surface area contributed by atoms with Crippen LogP contribution in [0.1, 0.15) is 22.8 Å². The molecule has 0 aliphatic carbocycles. The van der Waals surface area contributed by atoms with Crippen LogP contribution < -0.4 is 5.73 Å². The minimum absolute atomic E-state index is 0.0860. The highest BCUT2D eigenvalue weighted by Gasteiger charge is 2.33. The molecule has 0 spiro atoms. The number of rotatable bonds is 2. The number of amides is 1. The molecule has 4 heteroatoms. The van der Waals surface area contributed by atoms with Crippen molar-refractivity contribution in [2.24, 2.45) is 5.92 Å². The number of likely N-dealkylation sites (N-methyl/N-ethyl adjacent to an activating group) is 1. The molecule has 4 nitrogen and oxygen atoms in total. The third kappa shape index (κ3) is 2.73. The third-order valence-electron chi connectivity index (χ3n) is 4.05. The molecule has 1 aromatic carbocycles. The van der Waals surface area contributed by atoms with Crippen LogP contribution in [0.4, 0.5) is 5.69 Å². The summed E-state index contributed by atoms with van der Waals surface area (Å²) in [5, 5.41) is 0. The van der Waals surface area contributed by atoms with E-state index < -0.39 is 0 Å². The van der Waals surface area contributed by atoms with Crippen LogP contribution in [0, 0.1) is 12.8 Å². The molecule has 0 saturated carbocycles. The van der Waals surface area contributed by atoms with E-state index in [9.17, 15) is 4.79 Å². The van der Waals surface area contributed by atoms with Gasteiger partial charge in [0, 0.05) is 30.4 Å². The van der Waals surface area contributed by atoms with E-state index in [1.54, 1.807) is 6.07 Å². The summed E-state index contributed by atoms with van der Waals surface area (Å²) in [6.07, 6.45) is 0. The second-order valence-electron chi connectivity index (χ2n) is 5.79. The van der Waals surface area contributed by atoms with Crippen LogP contribution in [0.25, 0.3) is 0 Å². The number of hydrogen-bond donors (Lipinski definition) is 1. The number of likely N-dealkylation sites (tertiary alicyclic amines) is 1. The summed E-state index contributed by atoms with van der Waals surface area (Å²) in [5.41, 5.74) is 8.26. The zero-order valence-corrected chi connectivity index (χ0v) is 12.2. The van der Waals surface area contributed by atoms with Gasteiger partial charge >= 0.3 is 0 Å². The lowest BCUT2D eigenvalue weighted by Gasteiger charge is -2.22. The smallest absolute Gasteiger partial charge is 0.253 e. The molecule has 19 heavy (non-hydrogen) atoms. The number of hydrogen-bond acceptors (Lipinski definition) is 3. The molecule has 104 valence electrons. The molecule has 0 radical (unpaired) electrons. The SMILES string of the molecule is Cc1ccc(C(=O)N2CC(C)C(N(C)C)C2)cc1N. The Morgan fingerprint density at radius 1 is 1.37 bits per heavy atom.